The van der Waals surface area contributed by atoms with Crippen LogP contribution in [0.3, 0.4) is 0 Å². The van der Waals surface area contributed by atoms with Crippen LogP contribution in [0, 0.1) is 18.1 Å². The number of rotatable bonds is 4. The Morgan fingerprint density at radius 3 is 2.61 bits per heavy atom. The number of hydrogen-bond acceptors (Lipinski definition) is 4. The van der Waals surface area contributed by atoms with E-state index in [0.717, 1.165) is 5.56 Å². The molecule has 0 bridgehead atoms. The van der Waals surface area contributed by atoms with Crippen molar-refractivity contribution in [3.8, 4) is 16.9 Å². The lowest BCUT2D eigenvalue weighted by atomic mass is 10.1. The Bertz CT molecular complexity index is 1320. The average Bonchev–Trinajstić information content (AvgIpc) is 2.75. The SMILES string of the molecule is C=S(=O)(C#Cc1cccc(/C=N/NC(=O)c2ccc(O)c(Cl)c2)c1)c1ccc(C)cc1. The zero-order chi connectivity index (χ0) is 22.4. The zero-order valence-electron chi connectivity index (χ0n) is 16.6. The summed E-state index contributed by atoms with van der Waals surface area (Å²) in [5.41, 5.74) is 5.07. The van der Waals surface area contributed by atoms with E-state index in [2.05, 4.69) is 27.6 Å². The lowest BCUT2D eigenvalue weighted by molar-refractivity contribution is 0.0955. The molecular formula is C24H19ClN2O3S. The maximum Gasteiger partial charge on any atom is 0.271 e. The summed E-state index contributed by atoms with van der Waals surface area (Å²) in [6.45, 7) is 1.95. The van der Waals surface area contributed by atoms with Gasteiger partial charge in [-0.2, -0.15) is 5.10 Å². The molecule has 3 aromatic rings. The van der Waals surface area contributed by atoms with Gasteiger partial charge in [-0.1, -0.05) is 47.4 Å². The predicted molar refractivity (Wildman–Crippen MR) is 126 cm³/mol. The second kappa shape index (κ2) is 9.52. The number of nitrogens with zero attached hydrogens (tertiary/aromatic N) is 1. The zero-order valence-corrected chi connectivity index (χ0v) is 18.2. The van der Waals surface area contributed by atoms with Gasteiger partial charge in [0.15, 0.2) is 0 Å². The summed E-state index contributed by atoms with van der Waals surface area (Å²) in [5.74, 6) is 6.10. The van der Waals surface area contributed by atoms with Crippen molar-refractivity contribution < 1.29 is 14.1 Å². The van der Waals surface area contributed by atoms with Crippen LogP contribution in [0.2, 0.25) is 5.02 Å². The minimum atomic E-state index is -2.73. The van der Waals surface area contributed by atoms with Crippen LogP contribution in [0.4, 0.5) is 0 Å². The Morgan fingerprint density at radius 2 is 1.90 bits per heavy atom. The third kappa shape index (κ3) is 5.98. The third-order valence-electron chi connectivity index (χ3n) is 4.24. The maximum atomic E-state index is 12.8. The molecule has 0 saturated heterocycles. The van der Waals surface area contributed by atoms with Gasteiger partial charge < -0.3 is 5.11 Å². The van der Waals surface area contributed by atoms with E-state index in [9.17, 15) is 14.1 Å². The molecule has 2 N–H and O–H groups in total. The molecule has 0 saturated carbocycles. The van der Waals surface area contributed by atoms with Gasteiger partial charge in [-0.25, -0.2) is 5.43 Å². The molecule has 0 heterocycles. The molecule has 0 aliphatic rings. The largest absolute Gasteiger partial charge is 0.506 e. The standard InChI is InChI=1S/C24H19ClN2O3S/c1-17-6-9-21(10-7-17)31(2,30)13-12-18-4-3-5-19(14-18)16-26-27-24(29)20-8-11-23(28)22(25)15-20/h3-11,14-16,28H,2H2,1H3,(H,27,29)/b26-16+. The second-order valence-electron chi connectivity index (χ2n) is 6.71. The molecule has 5 nitrogen and oxygen atoms in total. The Balaban J connectivity index is 1.70. The molecule has 156 valence electrons. The first kappa shape index (κ1) is 22.2. The van der Waals surface area contributed by atoms with Crippen molar-refractivity contribution in [3.63, 3.8) is 0 Å². The highest BCUT2D eigenvalue weighted by atomic mass is 35.5. The van der Waals surface area contributed by atoms with E-state index < -0.39 is 15.4 Å². The number of hydrazone groups is 1. The van der Waals surface area contributed by atoms with E-state index in [-0.39, 0.29) is 16.3 Å². The number of aryl methyl sites for hydroxylation is 1. The highest BCUT2D eigenvalue weighted by Crippen LogP contribution is 2.23. The Kier molecular flexibility index (Phi) is 6.81. The quantitative estimate of drug-likeness (QED) is 0.270. The van der Waals surface area contributed by atoms with E-state index in [0.29, 0.717) is 16.0 Å². The number of phenols is 1. The Hall–Kier alpha value is -3.53. The first-order valence-corrected chi connectivity index (χ1v) is 11.2. The number of carbonyl (C=O) groups excluding carboxylic acids is 1. The predicted octanol–water partition coefficient (Wildman–Crippen LogP) is 4.20. The van der Waals surface area contributed by atoms with Gasteiger partial charge in [-0.05, 0) is 66.1 Å². The molecule has 0 aromatic heterocycles. The van der Waals surface area contributed by atoms with Gasteiger partial charge in [-0.3, -0.25) is 9.00 Å². The molecule has 0 aliphatic carbocycles. The number of amides is 1. The molecule has 0 radical (unpaired) electrons. The number of hydrogen-bond donors (Lipinski definition) is 2. The molecule has 1 amide bonds. The molecule has 0 fully saturated rings. The highest BCUT2D eigenvalue weighted by Gasteiger charge is 2.07. The topological polar surface area (TPSA) is 78.8 Å². The van der Waals surface area contributed by atoms with E-state index in [1.54, 1.807) is 36.4 Å². The summed E-state index contributed by atoms with van der Waals surface area (Å²) in [7, 11) is -2.73. The maximum absolute atomic E-state index is 12.8. The van der Waals surface area contributed by atoms with Crippen molar-refractivity contribution in [3.05, 3.63) is 94.0 Å². The van der Waals surface area contributed by atoms with Crippen LogP contribution >= 0.6 is 11.6 Å². The summed E-state index contributed by atoms with van der Waals surface area (Å²) in [4.78, 5) is 12.7. The molecular weight excluding hydrogens is 432 g/mol. The number of aromatic hydroxyl groups is 1. The fraction of sp³-hybridized carbons (Fsp3) is 0.0417. The Morgan fingerprint density at radius 1 is 1.16 bits per heavy atom. The lowest BCUT2D eigenvalue weighted by Crippen LogP contribution is -2.17. The smallest absolute Gasteiger partial charge is 0.271 e. The second-order valence-corrected chi connectivity index (χ2v) is 9.14. The number of carbonyl (C=O) groups is 1. The van der Waals surface area contributed by atoms with Crippen LogP contribution in [-0.4, -0.2) is 27.3 Å². The van der Waals surface area contributed by atoms with E-state index in [1.165, 1.54) is 24.4 Å². The minimum absolute atomic E-state index is 0.0792. The average molecular weight is 451 g/mol. The van der Waals surface area contributed by atoms with Gasteiger partial charge in [0.1, 0.15) is 5.75 Å². The monoisotopic (exact) mass is 450 g/mol. The highest BCUT2D eigenvalue weighted by molar-refractivity contribution is 8.04. The molecule has 31 heavy (non-hydrogen) atoms. The number of benzene rings is 3. The first-order chi connectivity index (χ1) is 14.7. The molecule has 1 atom stereocenters. The van der Waals surface area contributed by atoms with Crippen molar-refractivity contribution in [1.82, 2.24) is 5.43 Å². The molecule has 7 heteroatoms. The summed E-state index contributed by atoms with van der Waals surface area (Å²) < 4.78 is 12.8. The van der Waals surface area contributed by atoms with Gasteiger partial charge in [0.2, 0.25) is 0 Å². The fourth-order valence-electron chi connectivity index (χ4n) is 2.53. The van der Waals surface area contributed by atoms with Gasteiger partial charge in [-0.15, -0.1) is 0 Å². The van der Waals surface area contributed by atoms with Crippen LogP contribution in [0.15, 0.2) is 76.7 Å². The minimum Gasteiger partial charge on any atom is -0.506 e. The van der Waals surface area contributed by atoms with Crippen molar-refractivity contribution in [2.24, 2.45) is 5.10 Å². The van der Waals surface area contributed by atoms with Crippen molar-refractivity contribution in [2.75, 3.05) is 0 Å². The molecule has 3 aromatic carbocycles. The first-order valence-electron chi connectivity index (χ1n) is 9.13. The molecule has 0 aliphatic heterocycles. The number of phenolic OH excluding ortho intramolecular Hbond substituents is 1. The third-order valence-corrected chi connectivity index (χ3v) is 6.01. The summed E-state index contributed by atoms with van der Waals surface area (Å²) >= 11 is 5.81. The van der Waals surface area contributed by atoms with Crippen LogP contribution in [-0.2, 0) is 9.52 Å². The molecule has 1 unspecified atom stereocenters. The van der Waals surface area contributed by atoms with Crippen molar-refractivity contribution >= 4 is 39.1 Å². The fourth-order valence-corrected chi connectivity index (χ4v) is 3.69. The van der Waals surface area contributed by atoms with Gasteiger partial charge >= 0.3 is 0 Å². The lowest BCUT2D eigenvalue weighted by Gasteiger charge is -2.02. The van der Waals surface area contributed by atoms with E-state index in [1.807, 2.05) is 19.1 Å². The normalized spacial score (nSPS) is 12.6. The van der Waals surface area contributed by atoms with Crippen molar-refractivity contribution in [1.29, 1.82) is 0 Å². The van der Waals surface area contributed by atoms with Gasteiger partial charge in [0.25, 0.3) is 5.91 Å². The Labute approximate surface area is 186 Å². The summed E-state index contributed by atoms with van der Waals surface area (Å²) in [6, 6.07) is 18.5. The van der Waals surface area contributed by atoms with Crippen LogP contribution < -0.4 is 5.43 Å². The van der Waals surface area contributed by atoms with Gasteiger partial charge in [0.05, 0.1) is 20.8 Å². The van der Waals surface area contributed by atoms with E-state index in [4.69, 9.17) is 11.6 Å². The van der Waals surface area contributed by atoms with Crippen molar-refractivity contribution in [2.45, 2.75) is 11.8 Å². The van der Waals surface area contributed by atoms with Crippen LogP contribution in [0.5, 0.6) is 5.75 Å². The molecule has 0 spiro atoms. The number of nitrogens with one attached hydrogen (secondary N) is 1. The van der Waals surface area contributed by atoms with Crippen LogP contribution in [0.25, 0.3) is 0 Å². The summed E-state index contributed by atoms with van der Waals surface area (Å²) in [5, 5.41) is 16.2. The molecule has 3 rings (SSSR count). The van der Waals surface area contributed by atoms with Crippen LogP contribution in [0.1, 0.15) is 27.0 Å². The van der Waals surface area contributed by atoms with Gasteiger partial charge in [0, 0.05) is 16.0 Å². The van der Waals surface area contributed by atoms with E-state index >= 15 is 0 Å². The number of halogens is 1. The summed E-state index contributed by atoms with van der Waals surface area (Å²) in [6.07, 6.45) is 1.46.